The molecule has 0 amide bonds. The number of rotatable bonds is 5. The van der Waals surface area contributed by atoms with E-state index in [9.17, 15) is 5.11 Å². The summed E-state index contributed by atoms with van der Waals surface area (Å²) < 4.78 is 5.25. The van der Waals surface area contributed by atoms with Crippen LogP contribution in [0.2, 0.25) is 0 Å². The Morgan fingerprint density at radius 3 is 2.53 bits per heavy atom. The minimum absolute atomic E-state index is 0.391. The summed E-state index contributed by atoms with van der Waals surface area (Å²) in [5, 5.41) is 13.9. The van der Waals surface area contributed by atoms with Gasteiger partial charge in [0.25, 0.3) is 5.95 Å². The van der Waals surface area contributed by atoms with E-state index in [2.05, 4.69) is 28.9 Å². The van der Waals surface area contributed by atoms with E-state index in [1.165, 1.54) is 25.7 Å². The lowest BCUT2D eigenvalue weighted by Gasteiger charge is -2.16. The molecule has 1 saturated heterocycles. The van der Waals surface area contributed by atoms with Gasteiger partial charge in [-0.25, -0.2) is 0 Å². The van der Waals surface area contributed by atoms with Crippen molar-refractivity contribution in [2.24, 2.45) is 5.92 Å². The van der Waals surface area contributed by atoms with Gasteiger partial charge in [-0.2, -0.15) is 4.98 Å². The lowest BCUT2D eigenvalue weighted by molar-refractivity contribution is 0.138. The van der Waals surface area contributed by atoms with E-state index in [1.54, 1.807) is 0 Å². The molecular formula is C14H25N3O2. The molecule has 1 unspecified atom stereocenters. The highest BCUT2D eigenvalue weighted by Gasteiger charge is 2.18. The lowest BCUT2D eigenvalue weighted by Crippen LogP contribution is -2.25. The topological polar surface area (TPSA) is 62.4 Å². The van der Waals surface area contributed by atoms with E-state index in [4.69, 9.17) is 4.52 Å². The first-order valence-electron chi connectivity index (χ1n) is 7.40. The second-order valence-electron chi connectivity index (χ2n) is 5.88. The first kappa shape index (κ1) is 14.3. The molecule has 0 bridgehead atoms. The fourth-order valence-electron chi connectivity index (χ4n) is 2.56. The molecule has 0 radical (unpaired) electrons. The minimum atomic E-state index is -0.391. The van der Waals surface area contributed by atoms with Crippen molar-refractivity contribution in [3.63, 3.8) is 0 Å². The molecule has 1 aliphatic heterocycles. The summed E-state index contributed by atoms with van der Waals surface area (Å²) in [6, 6.07) is 0. The number of hydrogen-bond donors (Lipinski definition) is 1. The summed E-state index contributed by atoms with van der Waals surface area (Å²) >= 11 is 0. The zero-order valence-electron chi connectivity index (χ0n) is 12.0. The summed E-state index contributed by atoms with van der Waals surface area (Å²) in [7, 11) is 0. The van der Waals surface area contributed by atoms with Crippen molar-refractivity contribution in [2.45, 2.75) is 58.5 Å². The van der Waals surface area contributed by atoms with Crippen LogP contribution in [-0.4, -0.2) is 34.4 Å². The molecule has 1 aliphatic rings. The maximum absolute atomic E-state index is 9.90. The summed E-state index contributed by atoms with van der Waals surface area (Å²) in [4.78, 5) is 6.60. The third-order valence-electron chi connectivity index (χ3n) is 3.50. The monoisotopic (exact) mass is 267 g/mol. The molecule has 0 spiro atoms. The van der Waals surface area contributed by atoms with Gasteiger partial charge in [-0.15, -0.1) is 0 Å². The first-order chi connectivity index (χ1) is 9.15. The largest absolute Gasteiger partial charge is 0.393 e. The van der Waals surface area contributed by atoms with Crippen LogP contribution in [0.15, 0.2) is 4.52 Å². The Kier molecular flexibility index (Phi) is 5.19. The normalized spacial score (nSPS) is 18.6. The van der Waals surface area contributed by atoms with Crippen molar-refractivity contribution in [3.05, 3.63) is 5.89 Å². The Morgan fingerprint density at radius 2 is 1.89 bits per heavy atom. The predicted molar refractivity (Wildman–Crippen MR) is 74.1 cm³/mol. The molecule has 5 nitrogen and oxygen atoms in total. The first-order valence-corrected chi connectivity index (χ1v) is 7.40. The number of anilines is 1. The molecule has 0 aromatic carbocycles. The van der Waals surface area contributed by atoms with Crippen molar-refractivity contribution in [1.29, 1.82) is 0 Å². The number of aromatic nitrogens is 2. The van der Waals surface area contributed by atoms with Gasteiger partial charge in [-0.05, 0) is 30.3 Å². The highest BCUT2D eigenvalue weighted by Crippen LogP contribution is 2.17. The number of hydrogen-bond acceptors (Lipinski definition) is 5. The van der Waals surface area contributed by atoms with Gasteiger partial charge in [0, 0.05) is 13.1 Å². The molecule has 5 heteroatoms. The van der Waals surface area contributed by atoms with Crippen LogP contribution >= 0.6 is 0 Å². The standard InChI is InChI=1S/C14H25N3O2/c1-11(2)9-12(18)10-13-15-14(16-19-13)17-7-5-3-4-6-8-17/h11-12,18H,3-10H2,1-2H3. The van der Waals surface area contributed by atoms with Crippen LogP contribution < -0.4 is 4.90 Å². The maximum Gasteiger partial charge on any atom is 0.266 e. The van der Waals surface area contributed by atoms with Crippen LogP contribution in [0.25, 0.3) is 0 Å². The summed E-state index contributed by atoms with van der Waals surface area (Å²) in [6.45, 7) is 6.21. The fraction of sp³-hybridized carbons (Fsp3) is 0.857. The highest BCUT2D eigenvalue weighted by atomic mass is 16.5. The van der Waals surface area contributed by atoms with Crippen LogP contribution in [0, 0.1) is 5.92 Å². The van der Waals surface area contributed by atoms with E-state index < -0.39 is 6.10 Å². The van der Waals surface area contributed by atoms with Crippen molar-refractivity contribution in [1.82, 2.24) is 10.1 Å². The number of aliphatic hydroxyl groups is 1. The van der Waals surface area contributed by atoms with Gasteiger partial charge in [-0.1, -0.05) is 26.7 Å². The molecule has 0 aliphatic carbocycles. The van der Waals surface area contributed by atoms with Crippen LogP contribution in [-0.2, 0) is 6.42 Å². The zero-order chi connectivity index (χ0) is 13.7. The SMILES string of the molecule is CC(C)CC(O)Cc1nc(N2CCCCCC2)no1. The van der Waals surface area contributed by atoms with Crippen LogP contribution in [0.4, 0.5) is 5.95 Å². The Balaban J connectivity index is 1.90. The average Bonchev–Trinajstić information content (AvgIpc) is 2.63. The summed E-state index contributed by atoms with van der Waals surface area (Å²) in [5.74, 6) is 1.71. The molecule has 2 rings (SSSR count). The van der Waals surface area contributed by atoms with Gasteiger partial charge in [-0.3, -0.25) is 0 Å². The Morgan fingerprint density at radius 1 is 1.21 bits per heavy atom. The quantitative estimate of drug-likeness (QED) is 0.887. The molecular weight excluding hydrogens is 242 g/mol. The van der Waals surface area contributed by atoms with Gasteiger partial charge >= 0.3 is 0 Å². The fourth-order valence-corrected chi connectivity index (χ4v) is 2.56. The molecule has 1 fully saturated rings. The van der Waals surface area contributed by atoms with E-state index in [1.807, 2.05) is 0 Å². The third-order valence-corrected chi connectivity index (χ3v) is 3.50. The van der Waals surface area contributed by atoms with Crippen LogP contribution in [0.5, 0.6) is 0 Å². The van der Waals surface area contributed by atoms with E-state index in [0.29, 0.717) is 24.2 Å². The van der Waals surface area contributed by atoms with Crippen LogP contribution in [0.3, 0.4) is 0 Å². The molecule has 19 heavy (non-hydrogen) atoms. The van der Waals surface area contributed by atoms with E-state index in [-0.39, 0.29) is 0 Å². The zero-order valence-corrected chi connectivity index (χ0v) is 12.0. The molecule has 0 saturated carbocycles. The molecule has 1 aromatic rings. The van der Waals surface area contributed by atoms with Gasteiger partial charge in [0.2, 0.25) is 5.89 Å². The second-order valence-corrected chi connectivity index (χ2v) is 5.88. The Hall–Kier alpha value is -1.10. The van der Waals surface area contributed by atoms with Crippen molar-refractivity contribution in [3.8, 4) is 0 Å². The highest BCUT2D eigenvalue weighted by molar-refractivity contribution is 5.27. The van der Waals surface area contributed by atoms with E-state index in [0.717, 1.165) is 19.5 Å². The average molecular weight is 267 g/mol. The van der Waals surface area contributed by atoms with Crippen molar-refractivity contribution >= 4 is 5.95 Å². The van der Waals surface area contributed by atoms with E-state index >= 15 is 0 Å². The van der Waals surface area contributed by atoms with Crippen LogP contribution in [0.1, 0.15) is 51.8 Å². The van der Waals surface area contributed by atoms with Gasteiger partial charge in [0.15, 0.2) is 0 Å². The molecule has 2 heterocycles. The molecule has 1 atom stereocenters. The molecule has 108 valence electrons. The van der Waals surface area contributed by atoms with Gasteiger partial charge in [0.1, 0.15) is 0 Å². The smallest absolute Gasteiger partial charge is 0.266 e. The summed E-state index contributed by atoms with van der Waals surface area (Å²) in [5.41, 5.74) is 0. The maximum atomic E-state index is 9.90. The van der Waals surface area contributed by atoms with Gasteiger partial charge in [0.05, 0.1) is 12.5 Å². The summed E-state index contributed by atoms with van der Waals surface area (Å²) in [6.07, 6.45) is 5.79. The second kappa shape index (κ2) is 6.89. The lowest BCUT2D eigenvalue weighted by atomic mass is 10.0. The molecule has 1 N–H and O–H groups in total. The van der Waals surface area contributed by atoms with Crippen molar-refractivity contribution < 1.29 is 9.63 Å². The van der Waals surface area contributed by atoms with Gasteiger partial charge < -0.3 is 14.5 Å². The number of aliphatic hydroxyl groups excluding tert-OH is 1. The Bertz CT molecular complexity index is 371. The molecule has 1 aromatic heterocycles. The Labute approximate surface area is 115 Å². The predicted octanol–water partition coefficient (Wildman–Crippen LogP) is 2.40. The van der Waals surface area contributed by atoms with Crippen molar-refractivity contribution in [2.75, 3.05) is 18.0 Å². The third kappa shape index (κ3) is 4.49. The number of nitrogens with zero attached hydrogens (tertiary/aromatic N) is 3. The minimum Gasteiger partial charge on any atom is -0.393 e.